The first-order chi connectivity index (χ1) is 8.94. The Hall–Kier alpha value is -0.423. The zero-order valence-electron chi connectivity index (χ0n) is 12.2. The van der Waals surface area contributed by atoms with Gasteiger partial charge in [-0.25, -0.2) is 0 Å². The van der Waals surface area contributed by atoms with Gasteiger partial charge < -0.3 is 4.43 Å². The summed E-state index contributed by atoms with van der Waals surface area (Å²) in [7, 11) is -1.53. The summed E-state index contributed by atoms with van der Waals surface area (Å²) in [6.45, 7) is 8.84. The van der Waals surface area contributed by atoms with Crippen molar-refractivity contribution in [2.45, 2.75) is 44.2 Å². The van der Waals surface area contributed by atoms with Gasteiger partial charge in [-0.05, 0) is 31.8 Å². The lowest BCUT2D eigenvalue weighted by Crippen LogP contribution is -2.34. The Labute approximate surface area is 122 Å². The van der Waals surface area contributed by atoms with E-state index in [1.54, 1.807) is 0 Å². The van der Waals surface area contributed by atoms with Crippen LogP contribution in [0.1, 0.15) is 13.3 Å². The maximum atomic E-state index is 6.08. The van der Waals surface area contributed by atoms with Gasteiger partial charge in [0.1, 0.15) is 6.42 Å². The predicted octanol–water partition coefficient (Wildman–Crippen LogP) is 4.54. The number of rotatable bonds is 5. The quantitative estimate of drug-likeness (QED) is 0.451. The van der Waals surface area contributed by atoms with Crippen LogP contribution in [0.25, 0.3) is 0 Å². The van der Waals surface area contributed by atoms with Crippen LogP contribution in [0.2, 0.25) is 19.6 Å². The van der Waals surface area contributed by atoms with E-state index in [1.807, 2.05) is 17.8 Å². The molecule has 0 aliphatic carbocycles. The summed E-state index contributed by atoms with van der Waals surface area (Å²) in [6.07, 6.45) is 2.16. The van der Waals surface area contributed by atoms with E-state index in [9.17, 15) is 0 Å². The lowest BCUT2D eigenvalue weighted by molar-refractivity contribution is -0.0593. The molecule has 0 spiro atoms. The average molecular weight is 296 g/mol. The minimum atomic E-state index is -1.53. The fraction of sp³-hybridized carbons (Fsp3) is 0.533. The van der Waals surface area contributed by atoms with E-state index in [-0.39, 0.29) is 6.29 Å². The number of thioether (sulfide) groups is 1. The van der Waals surface area contributed by atoms with Crippen molar-refractivity contribution < 1.29 is 9.16 Å². The number of hydrogen-bond donors (Lipinski definition) is 0. The molecular weight excluding hydrogens is 272 g/mol. The summed E-state index contributed by atoms with van der Waals surface area (Å²) in [4.78, 5) is 1.29. The Bertz CT molecular complexity index is 391. The number of benzene rings is 1. The highest BCUT2D eigenvalue weighted by Crippen LogP contribution is 2.36. The molecule has 1 aromatic carbocycles. The maximum Gasteiger partial charge on any atom is 0.256 e. The van der Waals surface area contributed by atoms with Crippen molar-refractivity contribution in [3.8, 4) is 0 Å². The summed E-state index contributed by atoms with van der Waals surface area (Å²) in [5, 5.41) is 0. The molecule has 1 aliphatic rings. The molecule has 1 aromatic rings. The molecule has 4 heteroatoms. The van der Waals surface area contributed by atoms with E-state index in [4.69, 9.17) is 9.16 Å². The standard InChI is InChI=1S/C15H23O2SSi/c1-12-10-13(16-15(12)17-19(2,3)4)11-18-14-8-6-5-7-9-14/h5-9,12,15H,10-11H2,1-4H3/q+1. The molecule has 2 atom stereocenters. The Morgan fingerprint density at radius 1 is 1.32 bits per heavy atom. The second kappa shape index (κ2) is 6.35. The molecule has 2 nitrogen and oxygen atoms in total. The van der Waals surface area contributed by atoms with Gasteiger partial charge in [-0.3, -0.25) is 0 Å². The lowest BCUT2D eigenvalue weighted by atomic mass is 10.1. The molecule has 0 N–H and O–H groups in total. The highest BCUT2D eigenvalue weighted by atomic mass is 32.2. The highest BCUT2D eigenvalue weighted by molar-refractivity contribution is 7.99. The van der Waals surface area contributed by atoms with Crippen molar-refractivity contribution in [1.82, 2.24) is 0 Å². The second-order valence-corrected chi connectivity index (χ2v) is 11.5. The summed E-state index contributed by atoms with van der Waals surface area (Å²) in [5.74, 6) is 1.40. The Morgan fingerprint density at radius 3 is 2.63 bits per heavy atom. The van der Waals surface area contributed by atoms with Gasteiger partial charge in [0.25, 0.3) is 6.10 Å². The van der Waals surface area contributed by atoms with Crippen molar-refractivity contribution in [3.05, 3.63) is 36.4 Å². The molecule has 0 saturated carbocycles. The molecule has 2 unspecified atom stereocenters. The first kappa shape index (κ1) is 15.0. The van der Waals surface area contributed by atoms with Crippen LogP contribution in [0.5, 0.6) is 0 Å². The van der Waals surface area contributed by atoms with Gasteiger partial charge >= 0.3 is 0 Å². The van der Waals surface area contributed by atoms with Crippen molar-refractivity contribution in [3.63, 3.8) is 0 Å². The highest BCUT2D eigenvalue weighted by Gasteiger charge is 2.44. The monoisotopic (exact) mass is 295 g/mol. The van der Waals surface area contributed by atoms with Crippen molar-refractivity contribution in [2.75, 3.05) is 5.75 Å². The van der Waals surface area contributed by atoms with Gasteiger partial charge in [-0.2, -0.15) is 4.74 Å². The van der Waals surface area contributed by atoms with Crippen LogP contribution in [0.15, 0.2) is 35.2 Å². The van der Waals surface area contributed by atoms with E-state index >= 15 is 0 Å². The molecule has 1 aliphatic heterocycles. The fourth-order valence-electron chi connectivity index (χ4n) is 2.05. The van der Waals surface area contributed by atoms with Gasteiger partial charge in [0.05, 0.1) is 5.92 Å². The summed E-state index contributed by atoms with van der Waals surface area (Å²) >= 11 is 1.83. The third-order valence-electron chi connectivity index (χ3n) is 2.91. The zero-order chi connectivity index (χ0) is 13.9. The first-order valence-corrected chi connectivity index (χ1v) is 11.2. The molecule has 0 bridgehead atoms. The Balaban J connectivity index is 1.81. The van der Waals surface area contributed by atoms with Crippen molar-refractivity contribution >= 4 is 20.1 Å². The van der Waals surface area contributed by atoms with E-state index < -0.39 is 8.32 Å². The van der Waals surface area contributed by atoms with Crippen LogP contribution in [0, 0.1) is 12.0 Å². The molecule has 1 fully saturated rings. The van der Waals surface area contributed by atoms with Crippen molar-refractivity contribution in [2.24, 2.45) is 5.92 Å². The SMILES string of the molecule is CC1C[C+](CSc2ccccc2)OC1O[Si](C)(C)C. The summed E-state index contributed by atoms with van der Waals surface area (Å²) in [6, 6.07) is 10.5. The second-order valence-electron chi connectivity index (χ2n) is 6.04. The third kappa shape index (κ3) is 4.88. The van der Waals surface area contributed by atoms with Crippen LogP contribution >= 0.6 is 11.8 Å². The van der Waals surface area contributed by atoms with E-state index in [0.717, 1.165) is 12.2 Å². The normalized spacial score (nSPS) is 23.9. The topological polar surface area (TPSA) is 18.5 Å². The predicted molar refractivity (Wildman–Crippen MR) is 83.5 cm³/mol. The fourth-order valence-corrected chi connectivity index (χ4v) is 3.89. The molecule has 1 saturated heterocycles. The van der Waals surface area contributed by atoms with Crippen molar-refractivity contribution in [1.29, 1.82) is 0 Å². The smallest absolute Gasteiger partial charge is 0.256 e. The minimum Gasteiger partial charge on any atom is -0.389 e. The minimum absolute atomic E-state index is 0.0296. The van der Waals surface area contributed by atoms with Crippen LogP contribution in [0.4, 0.5) is 0 Å². The summed E-state index contributed by atoms with van der Waals surface area (Å²) in [5.41, 5.74) is 0. The van der Waals surface area contributed by atoms with Crippen LogP contribution in [0.3, 0.4) is 0 Å². The van der Waals surface area contributed by atoms with Gasteiger partial charge in [0, 0.05) is 4.90 Å². The van der Waals surface area contributed by atoms with Gasteiger partial charge in [-0.1, -0.05) is 36.9 Å². The molecule has 1 heterocycles. The van der Waals surface area contributed by atoms with Gasteiger partial charge in [0.2, 0.25) is 6.29 Å². The Morgan fingerprint density at radius 2 is 2.00 bits per heavy atom. The molecule has 104 valence electrons. The molecule has 0 amide bonds. The van der Waals surface area contributed by atoms with Crippen LogP contribution < -0.4 is 0 Å². The van der Waals surface area contributed by atoms with Gasteiger partial charge in [0.15, 0.2) is 14.1 Å². The van der Waals surface area contributed by atoms with E-state index in [0.29, 0.717) is 5.92 Å². The largest absolute Gasteiger partial charge is 0.389 e. The Kier molecular flexibility index (Phi) is 5.01. The van der Waals surface area contributed by atoms with Crippen LogP contribution in [-0.2, 0) is 9.16 Å². The van der Waals surface area contributed by atoms with E-state index in [1.165, 1.54) is 11.0 Å². The summed E-state index contributed by atoms with van der Waals surface area (Å²) < 4.78 is 12.1. The third-order valence-corrected chi connectivity index (χ3v) is 4.92. The van der Waals surface area contributed by atoms with Crippen LogP contribution in [-0.4, -0.2) is 20.4 Å². The number of hydrogen-bond acceptors (Lipinski definition) is 3. The average Bonchev–Trinajstić information content (AvgIpc) is 2.67. The zero-order valence-corrected chi connectivity index (χ0v) is 14.0. The van der Waals surface area contributed by atoms with Gasteiger partial charge in [-0.15, -0.1) is 0 Å². The molecular formula is C15H23O2SSi+. The molecule has 2 rings (SSSR count). The lowest BCUT2D eigenvalue weighted by Gasteiger charge is -2.22. The molecule has 19 heavy (non-hydrogen) atoms. The first-order valence-electron chi connectivity index (χ1n) is 6.81. The number of ether oxygens (including phenoxy) is 1. The van der Waals surface area contributed by atoms with E-state index in [2.05, 4.69) is 50.8 Å². The molecule has 0 radical (unpaired) electrons. The molecule has 0 aromatic heterocycles. The maximum absolute atomic E-state index is 6.08.